The van der Waals surface area contributed by atoms with Gasteiger partial charge in [0.1, 0.15) is 17.5 Å². The minimum Gasteiger partial charge on any atom is -0.350 e. The highest BCUT2D eigenvalue weighted by Crippen LogP contribution is 2.30. The third-order valence-corrected chi connectivity index (χ3v) is 7.16. The molecule has 176 valence electrons. The summed E-state index contributed by atoms with van der Waals surface area (Å²) in [5, 5.41) is 3.34. The van der Waals surface area contributed by atoms with Crippen LogP contribution in [-0.4, -0.2) is 53.5 Å². The zero-order valence-electron chi connectivity index (χ0n) is 18.8. The molecule has 0 unspecified atom stereocenters. The van der Waals surface area contributed by atoms with Gasteiger partial charge in [-0.05, 0) is 57.5 Å². The lowest BCUT2D eigenvalue weighted by molar-refractivity contribution is -0.141. The van der Waals surface area contributed by atoms with E-state index >= 15 is 0 Å². The van der Waals surface area contributed by atoms with Crippen LogP contribution in [0, 0.1) is 0 Å². The highest BCUT2D eigenvalue weighted by molar-refractivity contribution is 7.90. The molecule has 8 nitrogen and oxygen atoms in total. The molecule has 0 saturated heterocycles. The molecular formula is C23H26ClN3O5S. The topological polar surface area (TPSA) is 104 Å². The van der Waals surface area contributed by atoms with Crippen molar-refractivity contribution in [2.45, 2.75) is 50.7 Å². The number of nitrogens with one attached hydrogen (secondary N) is 1. The van der Waals surface area contributed by atoms with Gasteiger partial charge in [-0.15, -0.1) is 0 Å². The molecule has 0 radical (unpaired) electrons. The van der Waals surface area contributed by atoms with Crippen molar-refractivity contribution in [2.24, 2.45) is 0 Å². The number of fused-ring (bicyclic) bond motifs is 1. The average Bonchev–Trinajstić information content (AvgIpc) is 2.92. The Bertz CT molecular complexity index is 1190. The number of rotatable bonds is 6. The first kappa shape index (κ1) is 24.7. The van der Waals surface area contributed by atoms with Crippen molar-refractivity contribution < 1.29 is 22.8 Å². The summed E-state index contributed by atoms with van der Waals surface area (Å²) in [6, 6.07) is 11.6. The van der Waals surface area contributed by atoms with Gasteiger partial charge in [0.25, 0.3) is 15.9 Å². The Morgan fingerprint density at radius 2 is 1.70 bits per heavy atom. The first-order valence-electron chi connectivity index (χ1n) is 10.3. The van der Waals surface area contributed by atoms with Gasteiger partial charge in [-0.3, -0.25) is 14.4 Å². The molecule has 0 aromatic heterocycles. The Hall–Kier alpha value is -2.91. The second-order valence-electron chi connectivity index (χ2n) is 8.88. The number of carbonyl (C=O) groups excluding carboxylic acids is 3. The monoisotopic (exact) mass is 491 g/mol. The maximum Gasteiger partial charge on any atom is 0.269 e. The summed E-state index contributed by atoms with van der Waals surface area (Å²) < 4.78 is 26.3. The molecule has 1 N–H and O–H groups in total. The van der Waals surface area contributed by atoms with Crippen LogP contribution in [0.2, 0.25) is 5.02 Å². The third kappa shape index (κ3) is 5.36. The summed E-state index contributed by atoms with van der Waals surface area (Å²) in [6.07, 6.45) is 0. The predicted octanol–water partition coefficient (Wildman–Crippen LogP) is 2.82. The van der Waals surface area contributed by atoms with E-state index in [1.165, 1.54) is 23.1 Å². The molecule has 0 bridgehead atoms. The molecule has 1 heterocycles. The summed E-state index contributed by atoms with van der Waals surface area (Å²) in [7, 11) is -4.16. The van der Waals surface area contributed by atoms with Gasteiger partial charge >= 0.3 is 0 Å². The molecule has 3 amide bonds. The molecule has 0 aliphatic carbocycles. The molecule has 0 saturated carbocycles. The zero-order valence-corrected chi connectivity index (χ0v) is 20.4. The fourth-order valence-electron chi connectivity index (χ4n) is 3.44. The van der Waals surface area contributed by atoms with Gasteiger partial charge in [0.2, 0.25) is 11.8 Å². The molecule has 2 aromatic rings. The van der Waals surface area contributed by atoms with E-state index in [2.05, 4.69) is 5.32 Å². The Morgan fingerprint density at radius 1 is 1.09 bits per heavy atom. The molecular weight excluding hydrogens is 466 g/mol. The van der Waals surface area contributed by atoms with Gasteiger partial charge in [0.05, 0.1) is 5.56 Å². The quantitative estimate of drug-likeness (QED) is 0.669. The minimum atomic E-state index is -4.16. The normalized spacial score (nSPS) is 15.7. The third-order valence-electron chi connectivity index (χ3n) is 5.12. The van der Waals surface area contributed by atoms with E-state index in [-0.39, 0.29) is 17.0 Å². The lowest BCUT2D eigenvalue weighted by Gasteiger charge is -2.32. The van der Waals surface area contributed by atoms with E-state index in [1.54, 1.807) is 37.3 Å². The van der Waals surface area contributed by atoms with E-state index in [0.717, 1.165) is 0 Å². The van der Waals surface area contributed by atoms with Crippen molar-refractivity contribution in [3.8, 4) is 0 Å². The summed E-state index contributed by atoms with van der Waals surface area (Å²) in [4.78, 5) is 40.0. The lowest BCUT2D eigenvalue weighted by Crippen LogP contribution is -2.54. The van der Waals surface area contributed by atoms with Crippen LogP contribution in [0.1, 0.15) is 43.6 Å². The Labute approximate surface area is 198 Å². The average molecular weight is 492 g/mol. The van der Waals surface area contributed by atoms with E-state index in [0.29, 0.717) is 14.9 Å². The van der Waals surface area contributed by atoms with Gasteiger partial charge in [-0.1, -0.05) is 35.9 Å². The van der Waals surface area contributed by atoms with Gasteiger partial charge in [-0.25, -0.2) is 12.7 Å². The predicted molar refractivity (Wildman–Crippen MR) is 124 cm³/mol. The van der Waals surface area contributed by atoms with Crippen LogP contribution in [0.4, 0.5) is 0 Å². The van der Waals surface area contributed by atoms with Crippen molar-refractivity contribution in [2.75, 3.05) is 6.54 Å². The number of hydrogen-bond donors (Lipinski definition) is 1. The van der Waals surface area contributed by atoms with E-state index in [1.807, 2.05) is 20.8 Å². The molecule has 1 aliphatic rings. The SMILES string of the molecule is C[C@@H](C(=O)NC(C)(C)C)N(Cc1ccc(Cl)cc1)C(=O)CN1C(=O)c2ccccc2S1(=O)=O. The number of halogens is 1. The van der Waals surface area contributed by atoms with E-state index in [4.69, 9.17) is 11.6 Å². The minimum absolute atomic E-state index is 0.0214. The van der Waals surface area contributed by atoms with Crippen molar-refractivity contribution in [3.63, 3.8) is 0 Å². The summed E-state index contributed by atoms with van der Waals surface area (Å²) >= 11 is 5.95. The second-order valence-corrected chi connectivity index (χ2v) is 11.1. The summed E-state index contributed by atoms with van der Waals surface area (Å²) in [5.74, 6) is -1.84. The number of nitrogens with zero attached hydrogens (tertiary/aromatic N) is 2. The lowest BCUT2D eigenvalue weighted by atomic mass is 10.1. The number of sulfonamides is 1. The van der Waals surface area contributed by atoms with Crippen LogP contribution in [0.25, 0.3) is 0 Å². The molecule has 1 aliphatic heterocycles. The molecule has 10 heteroatoms. The highest BCUT2D eigenvalue weighted by atomic mass is 35.5. The van der Waals surface area contributed by atoms with Crippen LogP contribution in [-0.2, 0) is 26.2 Å². The maximum absolute atomic E-state index is 13.3. The van der Waals surface area contributed by atoms with Crippen molar-refractivity contribution in [1.82, 2.24) is 14.5 Å². The number of benzene rings is 2. The smallest absolute Gasteiger partial charge is 0.269 e. The van der Waals surface area contributed by atoms with Gasteiger partial charge < -0.3 is 10.2 Å². The number of hydrogen-bond acceptors (Lipinski definition) is 5. The zero-order chi connectivity index (χ0) is 24.6. The molecule has 1 atom stereocenters. The standard InChI is InChI=1S/C23H26ClN3O5S/c1-15(21(29)25-23(2,3)4)26(13-16-9-11-17(24)12-10-16)20(28)14-27-22(30)18-7-5-6-8-19(18)33(27,31)32/h5-12,15H,13-14H2,1-4H3,(H,25,29)/t15-/m0/s1. The molecule has 2 aromatic carbocycles. The molecule has 33 heavy (non-hydrogen) atoms. The van der Waals surface area contributed by atoms with Crippen molar-refractivity contribution in [1.29, 1.82) is 0 Å². The van der Waals surface area contributed by atoms with Crippen LogP contribution < -0.4 is 5.32 Å². The molecule has 0 fully saturated rings. The Balaban J connectivity index is 1.89. The van der Waals surface area contributed by atoms with Crippen LogP contribution in [0.15, 0.2) is 53.4 Å². The molecule has 3 rings (SSSR count). The van der Waals surface area contributed by atoms with Crippen molar-refractivity contribution in [3.05, 3.63) is 64.7 Å². The second kappa shape index (κ2) is 9.15. The van der Waals surface area contributed by atoms with Gasteiger partial charge in [0, 0.05) is 17.1 Å². The van der Waals surface area contributed by atoms with Crippen LogP contribution >= 0.6 is 11.6 Å². The Kier molecular flexibility index (Phi) is 6.85. The first-order chi connectivity index (χ1) is 15.3. The largest absolute Gasteiger partial charge is 0.350 e. The maximum atomic E-state index is 13.3. The fraction of sp³-hybridized carbons (Fsp3) is 0.348. The summed E-state index contributed by atoms with van der Waals surface area (Å²) in [5.41, 5.74) is 0.186. The Morgan fingerprint density at radius 3 is 2.27 bits per heavy atom. The fourth-order valence-corrected chi connectivity index (χ4v) is 5.09. The number of amides is 3. The van der Waals surface area contributed by atoms with E-state index in [9.17, 15) is 22.8 Å². The molecule has 0 spiro atoms. The van der Waals surface area contributed by atoms with E-state index < -0.39 is 45.9 Å². The summed E-state index contributed by atoms with van der Waals surface area (Å²) in [6.45, 7) is 6.32. The van der Waals surface area contributed by atoms with Crippen molar-refractivity contribution >= 4 is 39.3 Å². The van der Waals surface area contributed by atoms with Gasteiger partial charge in [0.15, 0.2) is 0 Å². The van der Waals surface area contributed by atoms with Gasteiger partial charge in [-0.2, -0.15) is 0 Å². The highest BCUT2D eigenvalue weighted by Gasteiger charge is 2.43. The number of carbonyl (C=O) groups is 3. The van der Waals surface area contributed by atoms with Crippen LogP contribution in [0.5, 0.6) is 0 Å². The first-order valence-corrected chi connectivity index (χ1v) is 12.1. The van der Waals surface area contributed by atoms with Crippen LogP contribution in [0.3, 0.4) is 0 Å².